The van der Waals surface area contributed by atoms with E-state index >= 15 is 0 Å². The van der Waals surface area contributed by atoms with E-state index in [1.165, 1.54) is 26.4 Å². The first-order valence-corrected chi connectivity index (χ1v) is 5.55. The number of rotatable bonds is 6. The minimum Gasteiger partial charge on any atom is -0.469 e. The van der Waals surface area contributed by atoms with E-state index in [0.717, 1.165) is 12.5 Å². The van der Waals surface area contributed by atoms with Crippen LogP contribution in [0.2, 0.25) is 0 Å². The highest BCUT2D eigenvalue weighted by molar-refractivity contribution is 5.69. The van der Waals surface area contributed by atoms with Crippen molar-refractivity contribution in [3.8, 4) is 0 Å². The molecule has 0 radical (unpaired) electrons. The van der Waals surface area contributed by atoms with Crippen molar-refractivity contribution in [2.45, 2.75) is 31.8 Å². The third-order valence-electron chi connectivity index (χ3n) is 2.95. The third-order valence-corrected chi connectivity index (χ3v) is 2.95. The lowest BCUT2D eigenvalue weighted by Gasteiger charge is -2.30. The number of carbonyl (C=O) groups excluding carboxylic acids is 1. The Kier molecular flexibility index (Phi) is 5.05. The molecule has 0 aromatic carbocycles. The molecule has 0 saturated heterocycles. The Bertz CT molecular complexity index is 204. The number of carbonyl (C=O) groups is 1. The van der Waals surface area contributed by atoms with Gasteiger partial charge in [0.05, 0.1) is 19.6 Å². The molecule has 1 N–H and O–H groups in total. The first-order valence-electron chi connectivity index (χ1n) is 5.55. The maximum absolute atomic E-state index is 10.9. The van der Waals surface area contributed by atoms with Crippen molar-refractivity contribution < 1.29 is 14.6 Å². The summed E-state index contributed by atoms with van der Waals surface area (Å²) >= 11 is 0. The summed E-state index contributed by atoms with van der Waals surface area (Å²) in [6.07, 6.45) is 3.42. The standard InChI is InChI=1S/C11H21NO3/c1-12(7-9-4-3-5-9)8-10(13)6-11(14)15-2/h9-10,13H,3-8H2,1-2H3. The van der Waals surface area contributed by atoms with E-state index in [1.807, 2.05) is 7.05 Å². The highest BCUT2D eigenvalue weighted by atomic mass is 16.5. The van der Waals surface area contributed by atoms with Gasteiger partial charge in [0.1, 0.15) is 0 Å². The largest absolute Gasteiger partial charge is 0.469 e. The Morgan fingerprint density at radius 2 is 2.27 bits per heavy atom. The van der Waals surface area contributed by atoms with E-state index in [9.17, 15) is 9.90 Å². The molecule has 1 rings (SSSR count). The summed E-state index contributed by atoms with van der Waals surface area (Å²) < 4.78 is 4.50. The molecule has 0 bridgehead atoms. The molecule has 0 spiro atoms. The molecule has 0 aromatic rings. The van der Waals surface area contributed by atoms with Gasteiger partial charge in [0.25, 0.3) is 0 Å². The van der Waals surface area contributed by atoms with Gasteiger partial charge >= 0.3 is 5.97 Å². The quantitative estimate of drug-likeness (QED) is 0.661. The summed E-state index contributed by atoms with van der Waals surface area (Å²) in [6, 6.07) is 0. The van der Waals surface area contributed by atoms with E-state index in [-0.39, 0.29) is 12.4 Å². The van der Waals surface area contributed by atoms with Crippen LogP contribution in [0.1, 0.15) is 25.7 Å². The number of nitrogens with zero attached hydrogens (tertiary/aromatic N) is 1. The molecule has 0 aliphatic heterocycles. The number of hydrogen-bond acceptors (Lipinski definition) is 4. The number of aliphatic hydroxyl groups excluding tert-OH is 1. The number of hydrogen-bond donors (Lipinski definition) is 1. The van der Waals surface area contributed by atoms with E-state index < -0.39 is 6.10 Å². The fourth-order valence-electron chi connectivity index (χ4n) is 1.89. The molecule has 0 amide bonds. The lowest BCUT2D eigenvalue weighted by atomic mass is 9.85. The highest BCUT2D eigenvalue weighted by Crippen LogP contribution is 2.26. The topological polar surface area (TPSA) is 49.8 Å². The lowest BCUT2D eigenvalue weighted by Crippen LogP contribution is -2.36. The number of likely N-dealkylation sites (N-methyl/N-ethyl adjacent to an activating group) is 1. The van der Waals surface area contributed by atoms with Gasteiger partial charge in [0.15, 0.2) is 0 Å². The molecule has 1 aliphatic rings. The fourth-order valence-corrected chi connectivity index (χ4v) is 1.89. The normalized spacial score (nSPS) is 18.7. The molecule has 1 saturated carbocycles. The molecule has 4 heteroatoms. The molecule has 1 fully saturated rings. The molecule has 1 unspecified atom stereocenters. The number of ether oxygens (including phenoxy) is 1. The monoisotopic (exact) mass is 215 g/mol. The van der Waals surface area contributed by atoms with Crippen LogP contribution in [0.3, 0.4) is 0 Å². The summed E-state index contributed by atoms with van der Waals surface area (Å²) in [5, 5.41) is 9.58. The Labute approximate surface area is 91.2 Å². The van der Waals surface area contributed by atoms with E-state index in [0.29, 0.717) is 6.54 Å². The van der Waals surface area contributed by atoms with Gasteiger partial charge < -0.3 is 14.7 Å². The van der Waals surface area contributed by atoms with Crippen LogP contribution in [-0.2, 0) is 9.53 Å². The second-order valence-corrected chi connectivity index (χ2v) is 4.45. The average Bonchev–Trinajstić information content (AvgIpc) is 2.11. The van der Waals surface area contributed by atoms with E-state index in [4.69, 9.17) is 0 Å². The van der Waals surface area contributed by atoms with E-state index in [2.05, 4.69) is 9.64 Å². The zero-order valence-corrected chi connectivity index (χ0v) is 9.61. The second kappa shape index (κ2) is 6.08. The number of aliphatic hydroxyl groups is 1. The molecule has 15 heavy (non-hydrogen) atoms. The van der Waals surface area contributed by atoms with Crippen molar-refractivity contribution in [3.05, 3.63) is 0 Å². The van der Waals surface area contributed by atoms with Crippen LogP contribution in [0.25, 0.3) is 0 Å². The summed E-state index contributed by atoms with van der Waals surface area (Å²) in [6.45, 7) is 1.57. The molecule has 0 aromatic heterocycles. The highest BCUT2D eigenvalue weighted by Gasteiger charge is 2.20. The first-order chi connectivity index (χ1) is 7.11. The summed E-state index contributed by atoms with van der Waals surface area (Å²) in [5.41, 5.74) is 0. The van der Waals surface area contributed by atoms with Crippen molar-refractivity contribution in [3.63, 3.8) is 0 Å². The van der Waals surface area contributed by atoms with Crippen molar-refractivity contribution in [1.29, 1.82) is 0 Å². The van der Waals surface area contributed by atoms with Gasteiger partial charge in [-0.2, -0.15) is 0 Å². The molecule has 4 nitrogen and oxygen atoms in total. The maximum Gasteiger partial charge on any atom is 0.308 e. The zero-order chi connectivity index (χ0) is 11.3. The first kappa shape index (κ1) is 12.5. The van der Waals surface area contributed by atoms with Crippen molar-refractivity contribution in [2.24, 2.45) is 5.92 Å². The Morgan fingerprint density at radius 3 is 2.73 bits per heavy atom. The zero-order valence-electron chi connectivity index (χ0n) is 9.61. The summed E-state index contributed by atoms with van der Waals surface area (Å²) in [7, 11) is 3.33. The van der Waals surface area contributed by atoms with Crippen molar-refractivity contribution in [2.75, 3.05) is 27.2 Å². The molecule has 1 aliphatic carbocycles. The van der Waals surface area contributed by atoms with Crippen LogP contribution < -0.4 is 0 Å². The predicted octanol–water partition coefficient (Wildman–Crippen LogP) is 0.642. The van der Waals surface area contributed by atoms with Gasteiger partial charge in [-0.05, 0) is 25.8 Å². The van der Waals surface area contributed by atoms with Crippen LogP contribution >= 0.6 is 0 Å². The van der Waals surface area contributed by atoms with Crippen LogP contribution in [0.5, 0.6) is 0 Å². The maximum atomic E-state index is 10.9. The molecule has 88 valence electrons. The molecular weight excluding hydrogens is 194 g/mol. The Morgan fingerprint density at radius 1 is 1.60 bits per heavy atom. The third kappa shape index (κ3) is 4.62. The molecule has 1 atom stereocenters. The van der Waals surface area contributed by atoms with Crippen LogP contribution in [0, 0.1) is 5.92 Å². The molecular formula is C11H21NO3. The minimum absolute atomic E-state index is 0.0888. The van der Waals surface area contributed by atoms with Gasteiger partial charge in [0, 0.05) is 13.1 Å². The SMILES string of the molecule is COC(=O)CC(O)CN(C)CC1CCC1. The Balaban J connectivity index is 2.12. The summed E-state index contributed by atoms with van der Waals surface area (Å²) in [5.74, 6) is 0.444. The predicted molar refractivity (Wildman–Crippen MR) is 57.5 cm³/mol. The fraction of sp³-hybridized carbons (Fsp3) is 0.909. The van der Waals surface area contributed by atoms with E-state index in [1.54, 1.807) is 0 Å². The molecule has 0 heterocycles. The van der Waals surface area contributed by atoms with Crippen LogP contribution in [0.4, 0.5) is 0 Å². The summed E-state index contributed by atoms with van der Waals surface area (Å²) in [4.78, 5) is 13.0. The van der Waals surface area contributed by atoms with Gasteiger partial charge in [-0.25, -0.2) is 0 Å². The van der Waals surface area contributed by atoms with Crippen molar-refractivity contribution >= 4 is 5.97 Å². The smallest absolute Gasteiger partial charge is 0.308 e. The minimum atomic E-state index is -0.609. The Hall–Kier alpha value is -0.610. The van der Waals surface area contributed by atoms with Gasteiger partial charge in [-0.3, -0.25) is 4.79 Å². The number of methoxy groups -OCH3 is 1. The van der Waals surface area contributed by atoms with Gasteiger partial charge in [0.2, 0.25) is 0 Å². The average molecular weight is 215 g/mol. The second-order valence-electron chi connectivity index (χ2n) is 4.45. The lowest BCUT2D eigenvalue weighted by molar-refractivity contribution is -0.143. The number of esters is 1. The van der Waals surface area contributed by atoms with Crippen LogP contribution in [0.15, 0.2) is 0 Å². The van der Waals surface area contributed by atoms with Crippen LogP contribution in [-0.4, -0.2) is 49.3 Å². The van der Waals surface area contributed by atoms with Gasteiger partial charge in [-0.15, -0.1) is 0 Å². The van der Waals surface area contributed by atoms with Crippen molar-refractivity contribution in [1.82, 2.24) is 4.90 Å². The van der Waals surface area contributed by atoms with Gasteiger partial charge in [-0.1, -0.05) is 6.42 Å².